The van der Waals surface area contributed by atoms with Crippen LogP contribution in [0.15, 0.2) is 18.3 Å². The maximum absolute atomic E-state index is 4.45. The summed E-state index contributed by atoms with van der Waals surface area (Å²) in [5, 5.41) is 3.40. The summed E-state index contributed by atoms with van der Waals surface area (Å²) in [6.07, 6.45) is 5.81. The monoisotopic (exact) mass is 219 g/mol. The Morgan fingerprint density at radius 1 is 1.31 bits per heavy atom. The van der Waals surface area contributed by atoms with Crippen molar-refractivity contribution in [3.05, 3.63) is 23.9 Å². The Labute approximate surface area is 97.9 Å². The molecule has 0 radical (unpaired) electrons. The summed E-state index contributed by atoms with van der Waals surface area (Å²) in [5.41, 5.74) is 1.37. The van der Waals surface area contributed by atoms with Crippen LogP contribution in [0.1, 0.15) is 18.4 Å². The fourth-order valence-electron chi connectivity index (χ4n) is 2.22. The van der Waals surface area contributed by atoms with Crippen molar-refractivity contribution >= 4 is 5.82 Å². The second-order valence-corrected chi connectivity index (χ2v) is 4.82. The van der Waals surface area contributed by atoms with E-state index in [9.17, 15) is 0 Å². The first-order valence-corrected chi connectivity index (χ1v) is 6.08. The molecule has 2 rings (SSSR count). The van der Waals surface area contributed by atoms with Gasteiger partial charge in [-0.15, -0.1) is 0 Å². The number of nitrogens with zero attached hydrogens (tertiary/aromatic N) is 2. The van der Waals surface area contributed by atoms with Gasteiger partial charge < -0.3 is 10.2 Å². The van der Waals surface area contributed by atoms with Crippen molar-refractivity contribution in [1.82, 2.24) is 10.3 Å². The first-order chi connectivity index (χ1) is 7.75. The highest BCUT2D eigenvalue weighted by molar-refractivity contribution is 5.37. The van der Waals surface area contributed by atoms with Crippen LogP contribution in [0.3, 0.4) is 0 Å². The van der Waals surface area contributed by atoms with Gasteiger partial charge in [0.15, 0.2) is 0 Å². The van der Waals surface area contributed by atoms with Crippen LogP contribution in [-0.4, -0.2) is 32.2 Å². The number of pyridine rings is 1. The SMILES string of the molecule is CN(C)c1ccc(CC2CCNCC2)cn1. The Morgan fingerprint density at radius 2 is 2.06 bits per heavy atom. The average molecular weight is 219 g/mol. The van der Waals surface area contributed by atoms with Crippen molar-refractivity contribution in [2.75, 3.05) is 32.1 Å². The lowest BCUT2D eigenvalue weighted by Gasteiger charge is -2.22. The molecule has 3 heteroatoms. The maximum Gasteiger partial charge on any atom is 0.127 e. The third kappa shape index (κ3) is 2.95. The number of nitrogens with one attached hydrogen (secondary N) is 1. The highest BCUT2D eigenvalue weighted by atomic mass is 15.1. The summed E-state index contributed by atoms with van der Waals surface area (Å²) < 4.78 is 0. The van der Waals surface area contributed by atoms with E-state index in [0.717, 1.165) is 11.7 Å². The molecule has 0 bridgehead atoms. The van der Waals surface area contributed by atoms with Gasteiger partial charge in [0, 0.05) is 20.3 Å². The zero-order valence-corrected chi connectivity index (χ0v) is 10.2. The van der Waals surface area contributed by atoms with E-state index in [1.54, 1.807) is 0 Å². The molecule has 0 aromatic carbocycles. The minimum Gasteiger partial charge on any atom is -0.363 e. The molecule has 0 atom stereocenters. The fourth-order valence-corrected chi connectivity index (χ4v) is 2.22. The van der Waals surface area contributed by atoms with Gasteiger partial charge in [-0.05, 0) is 49.9 Å². The summed E-state index contributed by atoms with van der Waals surface area (Å²) >= 11 is 0. The van der Waals surface area contributed by atoms with E-state index in [4.69, 9.17) is 0 Å². The van der Waals surface area contributed by atoms with Crippen LogP contribution in [-0.2, 0) is 6.42 Å². The lowest BCUT2D eigenvalue weighted by molar-refractivity contribution is 0.372. The highest BCUT2D eigenvalue weighted by Crippen LogP contribution is 2.18. The van der Waals surface area contributed by atoms with Crippen molar-refractivity contribution in [3.8, 4) is 0 Å². The molecule has 0 unspecified atom stereocenters. The first-order valence-electron chi connectivity index (χ1n) is 6.08. The zero-order chi connectivity index (χ0) is 11.4. The van der Waals surface area contributed by atoms with E-state index in [1.165, 1.54) is 37.9 Å². The largest absolute Gasteiger partial charge is 0.363 e. The number of hydrogen-bond acceptors (Lipinski definition) is 3. The minimum atomic E-state index is 0.841. The molecule has 2 heterocycles. The molecule has 1 aliphatic heterocycles. The van der Waals surface area contributed by atoms with E-state index in [2.05, 4.69) is 22.4 Å². The van der Waals surface area contributed by atoms with Crippen LogP contribution in [0, 0.1) is 5.92 Å². The molecule has 16 heavy (non-hydrogen) atoms. The molecular weight excluding hydrogens is 198 g/mol. The number of rotatable bonds is 3. The van der Waals surface area contributed by atoms with Crippen LogP contribution >= 0.6 is 0 Å². The van der Waals surface area contributed by atoms with Crippen LogP contribution in [0.5, 0.6) is 0 Å². The van der Waals surface area contributed by atoms with Crippen molar-refractivity contribution in [3.63, 3.8) is 0 Å². The lowest BCUT2D eigenvalue weighted by Crippen LogP contribution is -2.28. The van der Waals surface area contributed by atoms with Gasteiger partial charge in [-0.25, -0.2) is 4.98 Å². The lowest BCUT2D eigenvalue weighted by atomic mass is 9.92. The minimum absolute atomic E-state index is 0.841. The highest BCUT2D eigenvalue weighted by Gasteiger charge is 2.13. The summed E-state index contributed by atoms with van der Waals surface area (Å²) in [7, 11) is 4.05. The normalized spacial score (nSPS) is 17.4. The summed E-state index contributed by atoms with van der Waals surface area (Å²) in [6.45, 7) is 2.35. The van der Waals surface area contributed by atoms with E-state index in [0.29, 0.717) is 0 Å². The van der Waals surface area contributed by atoms with Gasteiger partial charge in [-0.1, -0.05) is 6.07 Å². The maximum atomic E-state index is 4.45. The summed E-state index contributed by atoms with van der Waals surface area (Å²) in [4.78, 5) is 6.49. The molecule has 1 aromatic heterocycles. The molecule has 1 saturated heterocycles. The third-order valence-electron chi connectivity index (χ3n) is 3.25. The fraction of sp³-hybridized carbons (Fsp3) is 0.615. The predicted molar refractivity (Wildman–Crippen MR) is 67.9 cm³/mol. The Balaban J connectivity index is 1.93. The molecule has 0 amide bonds. The van der Waals surface area contributed by atoms with E-state index in [1.807, 2.05) is 25.2 Å². The number of piperidine rings is 1. The predicted octanol–water partition coefficient (Wildman–Crippen LogP) is 1.69. The summed E-state index contributed by atoms with van der Waals surface area (Å²) in [6, 6.07) is 4.32. The van der Waals surface area contributed by atoms with Gasteiger partial charge in [0.2, 0.25) is 0 Å². The second-order valence-electron chi connectivity index (χ2n) is 4.82. The van der Waals surface area contributed by atoms with Gasteiger partial charge in [-0.3, -0.25) is 0 Å². The molecule has 0 aliphatic carbocycles. The Bertz CT molecular complexity index is 312. The van der Waals surface area contributed by atoms with Crippen molar-refractivity contribution in [2.24, 2.45) is 5.92 Å². The Morgan fingerprint density at radius 3 is 2.62 bits per heavy atom. The molecular formula is C13H21N3. The molecule has 1 aromatic rings. The Kier molecular flexibility index (Phi) is 3.78. The molecule has 88 valence electrons. The van der Waals surface area contributed by atoms with Crippen molar-refractivity contribution < 1.29 is 0 Å². The van der Waals surface area contributed by atoms with E-state index >= 15 is 0 Å². The summed E-state index contributed by atoms with van der Waals surface area (Å²) in [5.74, 6) is 1.88. The van der Waals surface area contributed by atoms with Crippen LogP contribution in [0.2, 0.25) is 0 Å². The van der Waals surface area contributed by atoms with Crippen molar-refractivity contribution in [2.45, 2.75) is 19.3 Å². The van der Waals surface area contributed by atoms with Crippen molar-refractivity contribution in [1.29, 1.82) is 0 Å². The van der Waals surface area contributed by atoms with Gasteiger partial charge >= 0.3 is 0 Å². The smallest absolute Gasteiger partial charge is 0.127 e. The van der Waals surface area contributed by atoms with Gasteiger partial charge in [-0.2, -0.15) is 0 Å². The third-order valence-corrected chi connectivity index (χ3v) is 3.25. The standard InChI is InChI=1S/C13H21N3/c1-16(2)13-4-3-12(10-15-13)9-11-5-7-14-8-6-11/h3-4,10-11,14H,5-9H2,1-2H3. The number of anilines is 1. The molecule has 0 spiro atoms. The van der Waals surface area contributed by atoms with E-state index < -0.39 is 0 Å². The number of hydrogen-bond donors (Lipinski definition) is 1. The Hall–Kier alpha value is -1.09. The van der Waals surface area contributed by atoms with Crippen LogP contribution in [0.25, 0.3) is 0 Å². The number of aromatic nitrogens is 1. The first kappa shape index (κ1) is 11.4. The molecule has 1 N–H and O–H groups in total. The van der Waals surface area contributed by atoms with Crippen LogP contribution < -0.4 is 10.2 Å². The van der Waals surface area contributed by atoms with E-state index in [-0.39, 0.29) is 0 Å². The molecule has 0 saturated carbocycles. The molecule has 1 fully saturated rings. The topological polar surface area (TPSA) is 28.2 Å². The van der Waals surface area contributed by atoms with Crippen LogP contribution in [0.4, 0.5) is 5.82 Å². The van der Waals surface area contributed by atoms with Gasteiger partial charge in [0.05, 0.1) is 0 Å². The van der Waals surface area contributed by atoms with Gasteiger partial charge in [0.25, 0.3) is 0 Å². The molecule has 1 aliphatic rings. The average Bonchev–Trinajstić information content (AvgIpc) is 2.31. The quantitative estimate of drug-likeness (QED) is 0.838. The zero-order valence-electron chi connectivity index (χ0n) is 10.2. The second kappa shape index (κ2) is 5.30. The molecule has 3 nitrogen and oxygen atoms in total. The van der Waals surface area contributed by atoms with Gasteiger partial charge in [0.1, 0.15) is 5.82 Å².